The van der Waals surface area contributed by atoms with Crippen LogP contribution in [-0.4, -0.2) is 59.7 Å². The molecular weight excluding hydrogens is 178 g/mol. The number of nitrogens with zero attached hydrogens (tertiary/aromatic N) is 2. The molecule has 0 fully saturated rings. The van der Waals surface area contributed by atoms with E-state index in [1.165, 1.54) is 0 Å². The maximum absolute atomic E-state index is 5.65. The summed E-state index contributed by atoms with van der Waals surface area (Å²) in [6.45, 7) is 0.954. The van der Waals surface area contributed by atoms with Crippen LogP contribution in [0.5, 0.6) is 0 Å². The van der Waals surface area contributed by atoms with Crippen molar-refractivity contribution in [2.45, 2.75) is 6.17 Å². The van der Waals surface area contributed by atoms with E-state index in [2.05, 4.69) is 43.0 Å². The number of rotatable bonds is 5. The zero-order chi connectivity index (χ0) is 8.85. The first kappa shape index (κ1) is 11.4. The second-order valence-electron chi connectivity index (χ2n) is 3.00. The average Bonchev–Trinajstić information content (AvgIpc) is 1.87. The lowest BCUT2D eigenvalue weighted by Gasteiger charge is -2.30. The Bertz CT molecular complexity index is 91.8. The van der Waals surface area contributed by atoms with Gasteiger partial charge >= 0.3 is 0 Å². The Labute approximate surface area is 76.3 Å². The van der Waals surface area contributed by atoms with E-state index in [1.807, 2.05) is 0 Å². The molecule has 5 heteroatoms. The van der Waals surface area contributed by atoms with Gasteiger partial charge in [0.25, 0.3) is 0 Å². The Morgan fingerprint density at radius 1 is 1.27 bits per heavy atom. The Morgan fingerprint density at radius 2 is 1.73 bits per heavy atom. The molecule has 68 valence electrons. The molecule has 0 amide bonds. The van der Waals surface area contributed by atoms with Crippen LogP contribution in [0.25, 0.3) is 0 Å². The first-order valence-electron chi connectivity index (χ1n) is 3.69. The van der Waals surface area contributed by atoms with Gasteiger partial charge in [0.1, 0.15) is 0 Å². The standard InChI is InChI=1S/C6H18ClN3Si/c1-9(2)6(10(3)4)5-8-11-7/h6,8H,5,11H2,1-4H3. The summed E-state index contributed by atoms with van der Waals surface area (Å²) >= 11 is 5.65. The fourth-order valence-corrected chi connectivity index (χ4v) is 1.71. The SMILES string of the molecule is CN(C)C(CN[SiH2]Cl)N(C)C. The van der Waals surface area contributed by atoms with Crippen molar-refractivity contribution in [2.24, 2.45) is 0 Å². The van der Waals surface area contributed by atoms with Crippen molar-refractivity contribution >= 4 is 20.1 Å². The zero-order valence-corrected chi connectivity index (χ0v) is 9.93. The Morgan fingerprint density at radius 3 is 2.00 bits per heavy atom. The number of hydrogen-bond donors (Lipinski definition) is 1. The first-order chi connectivity index (χ1) is 5.09. The van der Waals surface area contributed by atoms with Gasteiger partial charge in [-0.1, -0.05) is 0 Å². The van der Waals surface area contributed by atoms with Crippen LogP contribution in [0.3, 0.4) is 0 Å². The summed E-state index contributed by atoms with van der Waals surface area (Å²) in [4.78, 5) is 7.58. The maximum atomic E-state index is 5.65. The zero-order valence-electron chi connectivity index (χ0n) is 7.76. The molecule has 11 heavy (non-hydrogen) atoms. The van der Waals surface area contributed by atoms with Gasteiger partial charge in [-0.25, -0.2) is 0 Å². The lowest BCUT2D eigenvalue weighted by molar-refractivity contribution is 0.133. The molecule has 0 atom stereocenters. The summed E-state index contributed by atoms with van der Waals surface area (Å²) in [7, 11) is 7.76. The summed E-state index contributed by atoms with van der Waals surface area (Å²) in [5, 5.41) is 0. The quantitative estimate of drug-likeness (QED) is 0.355. The van der Waals surface area contributed by atoms with E-state index in [9.17, 15) is 0 Å². The van der Waals surface area contributed by atoms with Gasteiger partial charge in [-0.05, 0) is 28.2 Å². The third-order valence-corrected chi connectivity index (χ3v) is 2.66. The van der Waals surface area contributed by atoms with Gasteiger partial charge in [0, 0.05) is 6.54 Å². The molecule has 0 saturated heterocycles. The number of halogens is 1. The maximum Gasteiger partial charge on any atom is 0.195 e. The number of nitrogens with one attached hydrogen (secondary N) is 1. The molecule has 3 nitrogen and oxygen atoms in total. The third-order valence-electron chi connectivity index (χ3n) is 1.61. The van der Waals surface area contributed by atoms with Crippen LogP contribution in [0.2, 0.25) is 0 Å². The van der Waals surface area contributed by atoms with Crippen molar-refractivity contribution in [3.05, 3.63) is 0 Å². The molecule has 0 aromatic heterocycles. The van der Waals surface area contributed by atoms with Crippen LogP contribution in [0.4, 0.5) is 0 Å². The minimum atomic E-state index is -0.524. The van der Waals surface area contributed by atoms with Crippen molar-refractivity contribution < 1.29 is 0 Å². The first-order valence-corrected chi connectivity index (χ1v) is 6.53. The van der Waals surface area contributed by atoms with Gasteiger partial charge in [-0.2, -0.15) is 11.1 Å². The molecule has 0 saturated carbocycles. The molecule has 0 radical (unpaired) electrons. The fourth-order valence-electron chi connectivity index (χ4n) is 1.01. The second kappa shape index (κ2) is 5.96. The lowest BCUT2D eigenvalue weighted by atomic mass is 10.4. The molecule has 0 rings (SSSR count). The van der Waals surface area contributed by atoms with Gasteiger partial charge in [0.05, 0.1) is 6.17 Å². The van der Waals surface area contributed by atoms with E-state index in [-0.39, 0.29) is 0 Å². The summed E-state index contributed by atoms with van der Waals surface area (Å²) in [6, 6.07) is 0. The molecule has 0 aliphatic heterocycles. The van der Waals surface area contributed by atoms with Gasteiger partial charge < -0.3 is 4.98 Å². The molecule has 0 heterocycles. The van der Waals surface area contributed by atoms with Crippen LogP contribution in [0.1, 0.15) is 0 Å². The van der Waals surface area contributed by atoms with E-state index < -0.39 is 8.99 Å². The largest absolute Gasteiger partial charge is 0.328 e. The van der Waals surface area contributed by atoms with E-state index in [4.69, 9.17) is 11.1 Å². The van der Waals surface area contributed by atoms with Gasteiger partial charge in [-0.3, -0.25) is 9.80 Å². The molecule has 0 aliphatic rings. The Balaban J connectivity index is 3.70. The van der Waals surface area contributed by atoms with E-state index in [0.717, 1.165) is 6.54 Å². The minimum Gasteiger partial charge on any atom is -0.328 e. The number of likely N-dealkylation sites (N-methyl/N-ethyl adjacent to an activating group) is 2. The van der Waals surface area contributed by atoms with E-state index in [1.54, 1.807) is 0 Å². The normalized spacial score (nSPS) is 13.1. The van der Waals surface area contributed by atoms with Crippen molar-refractivity contribution in [1.29, 1.82) is 0 Å². The van der Waals surface area contributed by atoms with Crippen LogP contribution < -0.4 is 4.98 Å². The molecule has 0 spiro atoms. The van der Waals surface area contributed by atoms with Crippen molar-refractivity contribution in [3.8, 4) is 0 Å². The summed E-state index contributed by atoms with van der Waals surface area (Å²) in [6.07, 6.45) is 0.446. The van der Waals surface area contributed by atoms with Crippen LogP contribution in [0.15, 0.2) is 0 Å². The van der Waals surface area contributed by atoms with E-state index >= 15 is 0 Å². The molecule has 0 bridgehead atoms. The number of hydrogen-bond acceptors (Lipinski definition) is 3. The molecule has 0 unspecified atom stereocenters. The highest BCUT2D eigenvalue weighted by Gasteiger charge is 2.11. The van der Waals surface area contributed by atoms with Crippen molar-refractivity contribution in [1.82, 2.24) is 14.8 Å². The monoisotopic (exact) mass is 195 g/mol. The minimum absolute atomic E-state index is 0.446. The third kappa shape index (κ3) is 4.76. The predicted octanol–water partition coefficient (Wildman–Crippen LogP) is -0.737. The Kier molecular flexibility index (Phi) is 6.17. The summed E-state index contributed by atoms with van der Waals surface area (Å²) in [5.41, 5.74) is 0. The highest BCUT2D eigenvalue weighted by Crippen LogP contribution is 1.94. The molecule has 0 aromatic rings. The van der Waals surface area contributed by atoms with Crippen molar-refractivity contribution in [2.75, 3.05) is 34.7 Å². The Hall–Kier alpha value is 0.387. The van der Waals surface area contributed by atoms with Crippen LogP contribution >= 0.6 is 11.1 Å². The van der Waals surface area contributed by atoms with Crippen LogP contribution in [-0.2, 0) is 0 Å². The molecular formula is C6H18ClN3Si. The highest BCUT2D eigenvalue weighted by atomic mass is 35.6. The van der Waals surface area contributed by atoms with Crippen LogP contribution in [0, 0.1) is 0 Å². The topological polar surface area (TPSA) is 18.5 Å². The second-order valence-corrected chi connectivity index (χ2v) is 4.56. The van der Waals surface area contributed by atoms with Gasteiger partial charge in [0.15, 0.2) is 8.99 Å². The highest BCUT2D eigenvalue weighted by molar-refractivity contribution is 6.92. The summed E-state index contributed by atoms with van der Waals surface area (Å²) < 4.78 is 0. The van der Waals surface area contributed by atoms with Gasteiger partial charge in [0.2, 0.25) is 0 Å². The molecule has 0 aromatic carbocycles. The van der Waals surface area contributed by atoms with Gasteiger partial charge in [-0.15, -0.1) is 0 Å². The predicted molar refractivity (Wildman–Crippen MR) is 53.6 cm³/mol. The molecule has 0 aliphatic carbocycles. The smallest absolute Gasteiger partial charge is 0.195 e. The summed E-state index contributed by atoms with van der Waals surface area (Å²) in [5.74, 6) is 0. The average molecular weight is 196 g/mol. The lowest BCUT2D eigenvalue weighted by Crippen LogP contribution is -2.47. The van der Waals surface area contributed by atoms with E-state index in [0.29, 0.717) is 6.17 Å². The molecule has 1 N–H and O–H groups in total. The fraction of sp³-hybridized carbons (Fsp3) is 1.00. The van der Waals surface area contributed by atoms with Crippen molar-refractivity contribution in [3.63, 3.8) is 0 Å².